The topological polar surface area (TPSA) is 57.7 Å². The van der Waals surface area contributed by atoms with E-state index in [0.29, 0.717) is 49.0 Å². The number of hydrogen-bond acceptors (Lipinski definition) is 3. The van der Waals surface area contributed by atoms with Crippen molar-refractivity contribution < 1.29 is 13.2 Å². The van der Waals surface area contributed by atoms with Crippen molar-refractivity contribution in [1.29, 1.82) is 0 Å². The molecule has 0 saturated carbocycles. The van der Waals surface area contributed by atoms with E-state index in [9.17, 15) is 13.2 Å². The molecule has 0 bridgehead atoms. The van der Waals surface area contributed by atoms with E-state index in [1.54, 1.807) is 29.2 Å². The van der Waals surface area contributed by atoms with E-state index < -0.39 is 10.0 Å². The summed E-state index contributed by atoms with van der Waals surface area (Å²) in [6.45, 7) is 6.08. The summed E-state index contributed by atoms with van der Waals surface area (Å²) in [6, 6.07) is 16.4. The second-order valence-corrected chi connectivity index (χ2v) is 9.93. The Labute approximate surface area is 174 Å². The quantitative estimate of drug-likeness (QED) is 0.722. The van der Waals surface area contributed by atoms with Crippen molar-refractivity contribution in [3.63, 3.8) is 0 Å². The highest BCUT2D eigenvalue weighted by Crippen LogP contribution is 2.20. The lowest BCUT2D eigenvalue weighted by atomic mass is 10.0. The van der Waals surface area contributed by atoms with Crippen LogP contribution in [0.5, 0.6) is 0 Å². The van der Waals surface area contributed by atoms with Gasteiger partial charge < -0.3 is 4.90 Å². The number of rotatable bonds is 6. The van der Waals surface area contributed by atoms with Gasteiger partial charge in [0.25, 0.3) is 5.91 Å². The molecule has 29 heavy (non-hydrogen) atoms. The van der Waals surface area contributed by atoms with Crippen molar-refractivity contribution in [3.05, 3.63) is 65.7 Å². The molecule has 0 atom stereocenters. The van der Waals surface area contributed by atoms with Crippen LogP contribution in [-0.4, -0.2) is 49.7 Å². The number of hydrogen-bond donors (Lipinski definition) is 0. The van der Waals surface area contributed by atoms with Crippen molar-refractivity contribution in [2.24, 2.45) is 5.92 Å². The van der Waals surface area contributed by atoms with Gasteiger partial charge in [0.15, 0.2) is 0 Å². The summed E-state index contributed by atoms with van der Waals surface area (Å²) >= 11 is 0. The first-order valence-electron chi connectivity index (χ1n) is 10.3. The zero-order valence-electron chi connectivity index (χ0n) is 17.3. The van der Waals surface area contributed by atoms with E-state index in [1.165, 1.54) is 4.31 Å². The third-order valence-corrected chi connectivity index (χ3v) is 7.25. The fraction of sp³-hybridized carbons (Fsp3) is 0.435. The van der Waals surface area contributed by atoms with Crippen LogP contribution in [0.3, 0.4) is 0 Å². The van der Waals surface area contributed by atoms with Gasteiger partial charge in [-0.05, 0) is 55.0 Å². The van der Waals surface area contributed by atoms with Crippen molar-refractivity contribution in [2.75, 3.05) is 26.2 Å². The van der Waals surface area contributed by atoms with Gasteiger partial charge in [-0.2, -0.15) is 4.31 Å². The van der Waals surface area contributed by atoms with Crippen LogP contribution in [0, 0.1) is 5.92 Å². The maximum Gasteiger partial charge on any atom is 0.253 e. The summed E-state index contributed by atoms with van der Waals surface area (Å²) in [5.41, 5.74) is 1.80. The second-order valence-electron chi connectivity index (χ2n) is 7.99. The molecule has 1 amide bonds. The van der Waals surface area contributed by atoms with E-state index in [-0.39, 0.29) is 5.91 Å². The minimum absolute atomic E-state index is 0.0423. The molecule has 1 aliphatic rings. The monoisotopic (exact) mass is 414 g/mol. The average molecular weight is 415 g/mol. The summed E-state index contributed by atoms with van der Waals surface area (Å²) in [7, 11) is -3.55. The van der Waals surface area contributed by atoms with Gasteiger partial charge in [-0.15, -0.1) is 0 Å². The molecule has 2 aromatic rings. The number of amides is 1. The molecule has 0 spiro atoms. The molecule has 1 saturated heterocycles. The highest BCUT2D eigenvalue weighted by Gasteiger charge is 2.28. The van der Waals surface area contributed by atoms with Gasteiger partial charge in [0, 0.05) is 31.7 Å². The minimum atomic E-state index is -3.55. The van der Waals surface area contributed by atoms with Crippen molar-refractivity contribution in [3.8, 4) is 0 Å². The first-order valence-corrected chi connectivity index (χ1v) is 11.8. The molecular formula is C23H30N2O3S. The molecule has 1 fully saturated rings. The predicted molar refractivity (Wildman–Crippen MR) is 115 cm³/mol. The second kappa shape index (κ2) is 9.55. The van der Waals surface area contributed by atoms with Gasteiger partial charge in [0.05, 0.1) is 4.90 Å². The van der Waals surface area contributed by atoms with Crippen molar-refractivity contribution in [1.82, 2.24) is 9.21 Å². The lowest BCUT2D eigenvalue weighted by Crippen LogP contribution is -2.37. The largest absolute Gasteiger partial charge is 0.337 e. The SMILES string of the molecule is CC(C)CCc1ccc(S(=O)(=O)N2CCCN(C(=O)c3ccccc3)CC2)cc1. The molecule has 0 unspecified atom stereocenters. The van der Waals surface area contributed by atoms with Crippen LogP contribution < -0.4 is 0 Å². The van der Waals surface area contributed by atoms with E-state index in [1.807, 2.05) is 30.3 Å². The van der Waals surface area contributed by atoms with Crippen LogP contribution in [0.1, 0.15) is 42.6 Å². The highest BCUT2D eigenvalue weighted by atomic mass is 32.2. The van der Waals surface area contributed by atoms with Crippen molar-refractivity contribution >= 4 is 15.9 Å². The zero-order valence-corrected chi connectivity index (χ0v) is 18.1. The van der Waals surface area contributed by atoms with Gasteiger partial charge in [-0.1, -0.05) is 44.2 Å². The number of carbonyl (C=O) groups excluding carboxylic acids is 1. The van der Waals surface area contributed by atoms with Gasteiger partial charge >= 0.3 is 0 Å². The molecule has 1 heterocycles. The Morgan fingerprint density at radius 1 is 0.931 bits per heavy atom. The highest BCUT2D eigenvalue weighted by molar-refractivity contribution is 7.89. The number of aryl methyl sites for hydroxylation is 1. The van der Waals surface area contributed by atoms with E-state index in [2.05, 4.69) is 13.8 Å². The Hall–Kier alpha value is -2.18. The molecule has 0 aliphatic carbocycles. The molecule has 0 aromatic heterocycles. The summed E-state index contributed by atoms with van der Waals surface area (Å²) in [5, 5.41) is 0. The number of benzene rings is 2. The van der Waals surface area contributed by atoms with Gasteiger partial charge in [0.2, 0.25) is 10.0 Å². The normalized spacial score (nSPS) is 16.0. The Morgan fingerprint density at radius 2 is 1.62 bits per heavy atom. The Balaban J connectivity index is 1.66. The van der Waals surface area contributed by atoms with Crippen LogP contribution in [0.2, 0.25) is 0 Å². The maximum atomic E-state index is 13.1. The maximum absolute atomic E-state index is 13.1. The molecule has 5 nitrogen and oxygen atoms in total. The lowest BCUT2D eigenvalue weighted by molar-refractivity contribution is 0.0764. The van der Waals surface area contributed by atoms with E-state index in [4.69, 9.17) is 0 Å². The van der Waals surface area contributed by atoms with Gasteiger partial charge in [-0.3, -0.25) is 4.79 Å². The summed E-state index contributed by atoms with van der Waals surface area (Å²) in [6.07, 6.45) is 2.67. The first kappa shape index (κ1) is 21.5. The summed E-state index contributed by atoms with van der Waals surface area (Å²) < 4.78 is 27.7. The van der Waals surface area contributed by atoms with Crippen LogP contribution in [0.25, 0.3) is 0 Å². The van der Waals surface area contributed by atoms with Crippen LogP contribution in [-0.2, 0) is 16.4 Å². The summed E-state index contributed by atoms with van der Waals surface area (Å²) in [4.78, 5) is 14.8. The van der Waals surface area contributed by atoms with E-state index >= 15 is 0 Å². The number of nitrogens with zero attached hydrogens (tertiary/aromatic N) is 2. The standard InChI is InChI=1S/C23H30N2O3S/c1-19(2)9-10-20-11-13-22(14-12-20)29(27,28)25-16-6-15-24(17-18-25)23(26)21-7-4-3-5-8-21/h3-5,7-8,11-14,19H,6,9-10,15-18H2,1-2H3. The molecule has 1 aliphatic heterocycles. The molecule has 3 rings (SSSR count). The number of carbonyl (C=O) groups is 1. The Morgan fingerprint density at radius 3 is 2.28 bits per heavy atom. The van der Waals surface area contributed by atoms with Gasteiger partial charge in [0.1, 0.15) is 0 Å². The fourth-order valence-corrected chi connectivity index (χ4v) is 5.00. The third kappa shape index (κ3) is 5.46. The Bertz CT molecular complexity index is 909. The molecule has 2 aromatic carbocycles. The molecule has 6 heteroatoms. The number of sulfonamides is 1. The molecule has 0 N–H and O–H groups in total. The smallest absolute Gasteiger partial charge is 0.253 e. The predicted octanol–water partition coefficient (Wildman–Crippen LogP) is 3.81. The summed E-state index contributed by atoms with van der Waals surface area (Å²) in [5.74, 6) is 0.580. The van der Waals surface area contributed by atoms with Crippen molar-refractivity contribution in [2.45, 2.75) is 38.0 Å². The van der Waals surface area contributed by atoms with Crippen LogP contribution in [0.4, 0.5) is 0 Å². The molecule has 0 radical (unpaired) electrons. The van der Waals surface area contributed by atoms with Gasteiger partial charge in [-0.25, -0.2) is 8.42 Å². The first-order chi connectivity index (χ1) is 13.9. The van der Waals surface area contributed by atoms with E-state index in [0.717, 1.165) is 18.4 Å². The zero-order chi connectivity index (χ0) is 20.9. The molecule has 156 valence electrons. The average Bonchev–Trinajstić information content (AvgIpc) is 2.99. The molecular weight excluding hydrogens is 384 g/mol. The van der Waals surface area contributed by atoms with Crippen LogP contribution in [0.15, 0.2) is 59.5 Å². The lowest BCUT2D eigenvalue weighted by Gasteiger charge is -2.22. The van der Waals surface area contributed by atoms with Crippen LogP contribution >= 0.6 is 0 Å². The Kier molecular flexibility index (Phi) is 7.09. The minimum Gasteiger partial charge on any atom is -0.337 e. The fourth-order valence-electron chi connectivity index (χ4n) is 3.53. The third-order valence-electron chi connectivity index (χ3n) is 5.33.